The van der Waals surface area contributed by atoms with Gasteiger partial charge in [0.25, 0.3) is 0 Å². The van der Waals surface area contributed by atoms with Gasteiger partial charge < -0.3 is 9.73 Å². The van der Waals surface area contributed by atoms with E-state index in [1.165, 1.54) is 11.3 Å². The van der Waals surface area contributed by atoms with E-state index in [1.807, 2.05) is 19.1 Å². The Morgan fingerprint density at radius 1 is 1.28 bits per heavy atom. The summed E-state index contributed by atoms with van der Waals surface area (Å²) in [6.07, 6.45) is 2.38. The molecule has 0 fully saturated rings. The first-order chi connectivity index (χ1) is 8.83. The average Bonchev–Trinajstić information content (AvgIpc) is 2.98. The van der Waals surface area contributed by atoms with Crippen LogP contribution in [0.25, 0.3) is 10.3 Å². The molecule has 0 atom stereocenters. The summed E-state index contributed by atoms with van der Waals surface area (Å²) in [5, 5.41) is 3.26. The SMILES string of the molecule is Cc1ccc(CCNc2ncnc3scnc23)o1. The standard InChI is InChI=1S/C12H12N4OS/c1-8-2-3-9(17-8)4-5-13-11-10-12(15-6-14-11)18-7-16-10/h2-3,6-7H,4-5H2,1H3,(H,13,14,15). The molecule has 3 rings (SSSR count). The molecule has 3 aromatic heterocycles. The molecule has 0 aromatic carbocycles. The zero-order chi connectivity index (χ0) is 12.4. The van der Waals surface area contributed by atoms with Gasteiger partial charge in [0.15, 0.2) is 5.82 Å². The molecule has 5 nitrogen and oxygen atoms in total. The highest BCUT2D eigenvalue weighted by Gasteiger charge is 2.06. The van der Waals surface area contributed by atoms with Gasteiger partial charge in [-0.25, -0.2) is 15.0 Å². The number of fused-ring (bicyclic) bond motifs is 1. The number of nitrogens with zero attached hydrogens (tertiary/aromatic N) is 3. The number of rotatable bonds is 4. The molecular weight excluding hydrogens is 248 g/mol. The predicted molar refractivity (Wildman–Crippen MR) is 70.8 cm³/mol. The van der Waals surface area contributed by atoms with E-state index in [0.717, 1.165) is 40.7 Å². The Hall–Kier alpha value is -1.95. The lowest BCUT2D eigenvalue weighted by Crippen LogP contribution is -2.06. The first kappa shape index (κ1) is 11.2. The molecule has 0 spiro atoms. The number of hydrogen-bond acceptors (Lipinski definition) is 6. The van der Waals surface area contributed by atoms with Crippen molar-refractivity contribution in [1.29, 1.82) is 0 Å². The maximum absolute atomic E-state index is 5.51. The van der Waals surface area contributed by atoms with Gasteiger partial charge in [0.05, 0.1) is 5.51 Å². The van der Waals surface area contributed by atoms with Crippen LogP contribution in [0.15, 0.2) is 28.4 Å². The summed E-state index contributed by atoms with van der Waals surface area (Å²) in [5.41, 5.74) is 2.61. The first-order valence-electron chi connectivity index (χ1n) is 5.66. The van der Waals surface area contributed by atoms with E-state index in [0.29, 0.717) is 0 Å². The lowest BCUT2D eigenvalue weighted by molar-refractivity contribution is 0.486. The van der Waals surface area contributed by atoms with Gasteiger partial charge in [-0.1, -0.05) is 0 Å². The van der Waals surface area contributed by atoms with E-state index in [4.69, 9.17) is 4.42 Å². The smallest absolute Gasteiger partial charge is 0.156 e. The van der Waals surface area contributed by atoms with E-state index in [9.17, 15) is 0 Å². The molecule has 3 heterocycles. The summed E-state index contributed by atoms with van der Waals surface area (Å²) in [6, 6.07) is 3.97. The Morgan fingerprint density at radius 3 is 3.06 bits per heavy atom. The summed E-state index contributed by atoms with van der Waals surface area (Å²) in [7, 11) is 0. The Balaban J connectivity index is 1.68. The van der Waals surface area contributed by atoms with Crippen LogP contribution in [-0.4, -0.2) is 21.5 Å². The fourth-order valence-electron chi connectivity index (χ4n) is 1.75. The summed E-state index contributed by atoms with van der Waals surface area (Å²) < 4.78 is 5.51. The molecule has 0 amide bonds. The number of aryl methyl sites for hydroxylation is 1. The lowest BCUT2D eigenvalue weighted by atomic mass is 10.3. The molecule has 0 radical (unpaired) electrons. The van der Waals surface area contributed by atoms with Crippen molar-refractivity contribution in [3.05, 3.63) is 35.5 Å². The number of hydrogen-bond donors (Lipinski definition) is 1. The quantitative estimate of drug-likeness (QED) is 0.781. The van der Waals surface area contributed by atoms with Crippen LogP contribution in [-0.2, 0) is 6.42 Å². The summed E-state index contributed by atoms with van der Waals surface area (Å²) in [5.74, 6) is 2.70. The molecule has 0 aliphatic rings. The zero-order valence-electron chi connectivity index (χ0n) is 9.88. The number of aromatic nitrogens is 3. The second kappa shape index (κ2) is 4.73. The highest BCUT2D eigenvalue weighted by molar-refractivity contribution is 7.16. The van der Waals surface area contributed by atoms with Crippen LogP contribution in [0.2, 0.25) is 0 Å². The highest BCUT2D eigenvalue weighted by Crippen LogP contribution is 2.20. The van der Waals surface area contributed by atoms with Crippen LogP contribution in [0.4, 0.5) is 5.82 Å². The van der Waals surface area contributed by atoms with Gasteiger partial charge in [0.2, 0.25) is 0 Å². The lowest BCUT2D eigenvalue weighted by Gasteiger charge is -2.03. The van der Waals surface area contributed by atoms with Crippen LogP contribution in [0.5, 0.6) is 0 Å². The van der Waals surface area contributed by atoms with Crippen LogP contribution < -0.4 is 5.32 Å². The largest absolute Gasteiger partial charge is 0.466 e. The molecule has 0 bridgehead atoms. The van der Waals surface area contributed by atoms with Gasteiger partial charge in [-0.15, -0.1) is 11.3 Å². The Morgan fingerprint density at radius 2 is 2.22 bits per heavy atom. The Labute approximate surface area is 108 Å². The maximum atomic E-state index is 5.51. The topological polar surface area (TPSA) is 63.8 Å². The van der Waals surface area contributed by atoms with Crippen LogP contribution >= 0.6 is 11.3 Å². The van der Waals surface area contributed by atoms with Crippen molar-refractivity contribution in [3.63, 3.8) is 0 Å². The second-order valence-electron chi connectivity index (χ2n) is 3.92. The van der Waals surface area contributed by atoms with E-state index in [1.54, 1.807) is 11.8 Å². The number of thiazole rings is 1. The minimum absolute atomic E-state index is 0.761. The number of anilines is 1. The minimum atomic E-state index is 0.761. The molecule has 0 saturated heterocycles. The summed E-state index contributed by atoms with van der Waals surface area (Å²) >= 11 is 1.51. The Bertz CT molecular complexity index is 661. The van der Waals surface area contributed by atoms with Crippen LogP contribution in [0, 0.1) is 6.92 Å². The summed E-state index contributed by atoms with van der Waals surface area (Å²) in [4.78, 5) is 13.5. The Kier molecular flexibility index (Phi) is 2.93. The number of furan rings is 1. The van der Waals surface area contributed by atoms with Gasteiger partial charge >= 0.3 is 0 Å². The third kappa shape index (κ3) is 2.19. The number of nitrogens with one attached hydrogen (secondary N) is 1. The third-order valence-corrected chi connectivity index (χ3v) is 3.33. The monoisotopic (exact) mass is 260 g/mol. The van der Waals surface area contributed by atoms with Gasteiger partial charge in [-0.05, 0) is 19.1 Å². The van der Waals surface area contributed by atoms with Crippen molar-refractivity contribution in [1.82, 2.24) is 15.0 Å². The fourth-order valence-corrected chi connectivity index (χ4v) is 2.37. The molecule has 0 aliphatic carbocycles. The van der Waals surface area contributed by atoms with Gasteiger partial charge in [0.1, 0.15) is 28.2 Å². The molecule has 18 heavy (non-hydrogen) atoms. The third-order valence-electron chi connectivity index (χ3n) is 2.59. The van der Waals surface area contributed by atoms with E-state index < -0.39 is 0 Å². The maximum Gasteiger partial charge on any atom is 0.156 e. The molecule has 0 aliphatic heterocycles. The fraction of sp³-hybridized carbons (Fsp3) is 0.250. The predicted octanol–water partition coefficient (Wildman–Crippen LogP) is 2.64. The van der Waals surface area contributed by atoms with E-state index in [-0.39, 0.29) is 0 Å². The van der Waals surface area contributed by atoms with Crippen LogP contribution in [0.1, 0.15) is 11.5 Å². The molecule has 6 heteroatoms. The van der Waals surface area contributed by atoms with Crippen LogP contribution in [0.3, 0.4) is 0 Å². The molecule has 0 saturated carbocycles. The van der Waals surface area contributed by atoms with Crippen molar-refractivity contribution in [3.8, 4) is 0 Å². The van der Waals surface area contributed by atoms with Gasteiger partial charge in [-0.3, -0.25) is 0 Å². The molecule has 0 unspecified atom stereocenters. The van der Waals surface area contributed by atoms with Crippen molar-refractivity contribution in [2.24, 2.45) is 0 Å². The zero-order valence-corrected chi connectivity index (χ0v) is 10.7. The molecule has 1 N–H and O–H groups in total. The summed E-state index contributed by atoms with van der Waals surface area (Å²) in [6.45, 7) is 2.71. The average molecular weight is 260 g/mol. The first-order valence-corrected chi connectivity index (χ1v) is 6.54. The van der Waals surface area contributed by atoms with Crippen molar-refractivity contribution >= 4 is 27.5 Å². The molecular formula is C12H12N4OS. The van der Waals surface area contributed by atoms with Crippen molar-refractivity contribution in [2.75, 3.05) is 11.9 Å². The highest BCUT2D eigenvalue weighted by atomic mass is 32.1. The normalized spacial score (nSPS) is 10.9. The molecule has 92 valence electrons. The minimum Gasteiger partial charge on any atom is -0.466 e. The van der Waals surface area contributed by atoms with Crippen molar-refractivity contribution < 1.29 is 4.42 Å². The van der Waals surface area contributed by atoms with Gasteiger partial charge in [-0.2, -0.15) is 0 Å². The van der Waals surface area contributed by atoms with Crippen molar-refractivity contribution in [2.45, 2.75) is 13.3 Å². The molecule has 3 aromatic rings. The van der Waals surface area contributed by atoms with E-state index >= 15 is 0 Å². The van der Waals surface area contributed by atoms with Gasteiger partial charge in [0, 0.05) is 13.0 Å². The second-order valence-corrected chi connectivity index (χ2v) is 4.75. The van der Waals surface area contributed by atoms with E-state index in [2.05, 4.69) is 20.3 Å².